The Labute approximate surface area is 123 Å². The van der Waals surface area contributed by atoms with Gasteiger partial charge in [-0.15, -0.1) is 0 Å². The molecule has 0 heterocycles. The van der Waals surface area contributed by atoms with Gasteiger partial charge in [-0.2, -0.15) is 0 Å². The molecule has 2 aromatic carbocycles. The van der Waals surface area contributed by atoms with Gasteiger partial charge in [0.1, 0.15) is 19.0 Å². The SMILES string of the molecule is C=COCCOc1ccc2cc(C(=O)OCC)ccc2c1. The molecule has 110 valence electrons. The summed E-state index contributed by atoms with van der Waals surface area (Å²) in [6.07, 6.45) is 1.39. The summed E-state index contributed by atoms with van der Waals surface area (Å²) in [6, 6.07) is 11.2. The molecule has 0 amide bonds. The molecule has 0 aliphatic rings. The summed E-state index contributed by atoms with van der Waals surface area (Å²) in [5.41, 5.74) is 0.553. The lowest BCUT2D eigenvalue weighted by molar-refractivity contribution is 0.0526. The first-order chi connectivity index (χ1) is 10.2. The van der Waals surface area contributed by atoms with Gasteiger partial charge in [0.15, 0.2) is 0 Å². The van der Waals surface area contributed by atoms with Gasteiger partial charge >= 0.3 is 5.97 Å². The molecule has 4 heteroatoms. The lowest BCUT2D eigenvalue weighted by Gasteiger charge is -2.08. The van der Waals surface area contributed by atoms with E-state index in [1.807, 2.05) is 30.3 Å². The molecule has 0 aromatic heterocycles. The van der Waals surface area contributed by atoms with E-state index in [2.05, 4.69) is 6.58 Å². The Bertz CT molecular complexity index is 634. The Kier molecular flexibility index (Phi) is 5.21. The first-order valence-electron chi connectivity index (χ1n) is 6.81. The predicted octanol–water partition coefficient (Wildman–Crippen LogP) is 3.56. The molecular formula is C17H18O4. The number of fused-ring (bicyclic) bond motifs is 1. The van der Waals surface area contributed by atoms with E-state index < -0.39 is 0 Å². The Morgan fingerprint density at radius 2 is 1.90 bits per heavy atom. The Morgan fingerprint density at radius 3 is 2.67 bits per heavy atom. The minimum Gasteiger partial charge on any atom is -0.498 e. The maximum Gasteiger partial charge on any atom is 0.338 e. The summed E-state index contributed by atoms with van der Waals surface area (Å²) in [5.74, 6) is 0.459. The fraction of sp³-hybridized carbons (Fsp3) is 0.235. The standard InChI is InChI=1S/C17H18O4/c1-3-19-9-10-21-16-8-7-13-11-15(17(18)20-4-2)6-5-14(13)12-16/h3,5-8,11-12H,1,4,9-10H2,2H3. The van der Waals surface area contributed by atoms with Crippen molar-refractivity contribution < 1.29 is 19.0 Å². The van der Waals surface area contributed by atoms with Gasteiger partial charge in [0, 0.05) is 0 Å². The van der Waals surface area contributed by atoms with Crippen LogP contribution < -0.4 is 4.74 Å². The summed E-state index contributed by atoms with van der Waals surface area (Å²) < 4.78 is 15.6. The first kappa shape index (κ1) is 14.9. The number of esters is 1. The van der Waals surface area contributed by atoms with Crippen molar-refractivity contribution in [2.45, 2.75) is 6.92 Å². The highest BCUT2D eigenvalue weighted by molar-refractivity contribution is 5.95. The molecule has 0 N–H and O–H groups in total. The molecule has 0 unspecified atom stereocenters. The molecule has 0 aliphatic carbocycles. The zero-order valence-electron chi connectivity index (χ0n) is 12.0. The molecule has 2 rings (SSSR count). The zero-order chi connectivity index (χ0) is 15.1. The van der Waals surface area contributed by atoms with Gasteiger partial charge in [-0.05, 0) is 42.0 Å². The van der Waals surface area contributed by atoms with E-state index in [1.54, 1.807) is 13.0 Å². The molecule has 0 spiro atoms. The summed E-state index contributed by atoms with van der Waals surface area (Å²) in [5, 5.41) is 1.97. The third kappa shape index (κ3) is 3.99. The second-order valence-electron chi connectivity index (χ2n) is 4.33. The van der Waals surface area contributed by atoms with Crippen LogP contribution in [0.25, 0.3) is 10.8 Å². The van der Waals surface area contributed by atoms with E-state index in [4.69, 9.17) is 14.2 Å². The fourth-order valence-corrected chi connectivity index (χ4v) is 1.95. The van der Waals surface area contributed by atoms with Crippen LogP contribution in [0.15, 0.2) is 49.2 Å². The lowest BCUT2D eigenvalue weighted by atomic mass is 10.1. The monoisotopic (exact) mass is 286 g/mol. The highest BCUT2D eigenvalue weighted by atomic mass is 16.5. The number of benzene rings is 2. The number of carbonyl (C=O) groups excluding carboxylic acids is 1. The molecule has 0 bridgehead atoms. The van der Waals surface area contributed by atoms with Crippen LogP contribution in [-0.4, -0.2) is 25.8 Å². The van der Waals surface area contributed by atoms with Crippen LogP contribution in [0.5, 0.6) is 5.75 Å². The molecule has 0 aliphatic heterocycles. The van der Waals surface area contributed by atoms with E-state index in [-0.39, 0.29) is 5.97 Å². The summed E-state index contributed by atoms with van der Waals surface area (Å²) in [7, 11) is 0. The third-order valence-corrected chi connectivity index (χ3v) is 2.91. The molecule has 4 nitrogen and oxygen atoms in total. The normalized spacial score (nSPS) is 10.1. The molecule has 2 aromatic rings. The lowest BCUT2D eigenvalue weighted by Crippen LogP contribution is -2.04. The van der Waals surface area contributed by atoms with Gasteiger partial charge in [-0.25, -0.2) is 4.79 Å². The van der Waals surface area contributed by atoms with Crippen molar-refractivity contribution in [3.05, 3.63) is 54.8 Å². The molecular weight excluding hydrogens is 268 g/mol. The van der Waals surface area contributed by atoms with Gasteiger partial charge in [0.05, 0.1) is 18.4 Å². The second kappa shape index (κ2) is 7.33. The highest BCUT2D eigenvalue weighted by Crippen LogP contribution is 2.22. The summed E-state index contributed by atoms with van der Waals surface area (Å²) in [6.45, 7) is 6.55. The quantitative estimate of drug-likeness (QED) is 0.443. The van der Waals surface area contributed by atoms with E-state index in [1.165, 1.54) is 6.26 Å². The minimum absolute atomic E-state index is 0.304. The highest BCUT2D eigenvalue weighted by Gasteiger charge is 2.07. The van der Waals surface area contributed by atoms with Crippen LogP contribution in [0.3, 0.4) is 0 Å². The van der Waals surface area contributed by atoms with Gasteiger partial charge in [-0.3, -0.25) is 0 Å². The Morgan fingerprint density at radius 1 is 1.14 bits per heavy atom. The van der Waals surface area contributed by atoms with Gasteiger partial charge in [0.25, 0.3) is 0 Å². The molecule has 0 saturated heterocycles. The van der Waals surface area contributed by atoms with Crippen LogP contribution in [-0.2, 0) is 9.47 Å². The Hall–Kier alpha value is -2.49. The number of ether oxygens (including phenoxy) is 3. The fourth-order valence-electron chi connectivity index (χ4n) is 1.95. The van der Waals surface area contributed by atoms with Crippen LogP contribution in [0.1, 0.15) is 17.3 Å². The number of carbonyl (C=O) groups is 1. The molecule has 0 atom stereocenters. The smallest absolute Gasteiger partial charge is 0.338 e. The van der Waals surface area contributed by atoms with Gasteiger partial charge < -0.3 is 14.2 Å². The maximum absolute atomic E-state index is 11.7. The van der Waals surface area contributed by atoms with Crippen molar-refractivity contribution in [1.29, 1.82) is 0 Å². The van der Waals surface area contributed by atoms with E-state index in [9.17, 15) is 4.79 Å². The molecule has 21 heavy (non-hydrogen) atoms. The van der Waals surface area contributed by atoms with Crippen molar-refractivity contribution in [2.75, 3.05) is 19.8 Å². The number of rotatable bonds is 7. The first-order valence-corrected chi connectivity index (χ1v) is 6.81. The number of hydrogen-bond donors (Lipinski definition) is 0. The minimum atomic E-state index is -0.304. The zero-order valence-corrected chi connectivity index (χ0v) is 12.0. The van der Waals surface area contributed by atoms with Crippen molar-refractivity contribution >= 4 is 16.7 Å². The van der Waals surface area contributed by atoms with Crippen molar-refractivity contribution in [3.8, 4) is 5.75 Å². The van der Waals surface area contributed by atoms with Crippen LogP contribution in [0.2, 0.25) is 0 Å². The predicted molar refractivity (Wildman–Crippen MR) is 81.5 cm³/mol. The summed E-state index contributed by atoms with van der Waals surface area (Å²) in [4.78, 5) is 11.7. The second-order valence-corrected chi connectivity index (χ2v) is 4.33. The van der Waals surface area contributed by atoms with Crippen LogP contribution >= 0.6 is 0 Å². The molecule has 0 radical (unpaired) electrons. The number of hydrogen-bond acceptors (Lipinski definition) is 4. The summed E-state index contributed by atoms with van der Waals surface area (Å²) >= 11 is 0. The average Bonchev–Trinajstić information content (AvgIpc) is 2.51. The third-order valence-electron chi connectivity index (χ3n) is 2.91. The average molecular weight is 286 g/mol. The van der Waals surface area contributed by atoms with Crippen molar-refractivity contribution in [2.24, 2.45) is 0 Å². The van der Waals surface area contributed by atoms with Gasteiger partial charge in [-0.1, -0.05) is 18.7 Å². The topological polar surface area (TPSA) is 44.8 Å². The Balaban J connectivity index is 2.11. The van der Waals surface area contributed by atoms with E-state index in [0.29, 0.717) is 25.4 Å². The van der Waals surface area contributed by atoms with Crippen molar-refractivity contribution in [3.63, 3.8) is 0 Å². The van der Waals surface area contributed by atoms with E-state index in [0.717, 1.165) is 16.5 Å². The van der Waals surface area contributed by atoms with Crippen molar-refractivity contribution in [1.82, 2.24) is 0 Å². The van der Waals surface area contributed by atoms with Gasteiger partial charge in [0.2, 0.25) is 0 Å². The molecule has 0 saturated carbocycles. The van der Waals surface area contributed by atoms with Crippen LogP contribution in [0.4, 0.5) is 0 Å². The molecule has 0 fully saturated rings. The van der Waals surface area contributed by atoms with E-state index >= 15 is 0 Å². The maximum atomic E-state index is 11.7. The largest absolute Gasteiger partial charge is 0.498 e. The van der Waals surface area contributed by atoms with Crippen LogP contribution in [0, 0.1) is 0 Å².